The first-order valence-corrected chi connectivity index (χ1v) is 6.76. The summed E-state index contributed by atoms with van der Waals surface area (Å²) in [5, 5.41) is 9.91. The predicted octanol–water partition coefficient (Wildman–Crippen LogP) is 3.13. The normalized spacial score (nSPS) is 17.2. The SMILES string of the molecule is C[C@H]1C(=O)N(c2cc(Cl)cc(Cl)c2)c2ncc(C(=O)O)n21. The van der Waals surface area contributed by atoms with Crippen molar-refractivity contribution in [2.24, 2.45) is 0 Å². The lowest BCUT2D eigenvalue weighted by molar-refractivity contribution is -0.119. The van der Waals surface area contributed by atoms with Gasteiger partial charge in [0.25, 0.3) is 5.91 Å². The van der Waals surface area contributed by atoms with E-state index in [0.29, 0.717) is 15.7 Å². The number of anilines is 2. The zero-order valence-electron chi connectivity index (χ0n) is 10.7. The minimum atomic E-state index is -1.14. The van der Waals surface area contributed by atoms with Crippen molar-refractivity contribution >= 4 is 46.7 Å². The zero-order chi connectivity index (χ0) is 15.3. The highest BCUT2D eigenvalue weighted by atomic mass is 35.5. The number of aromatic carboxylic acids is 1. The molecule has 0 fully saturated rings. The number of benzene rings is 1. The van der Waals surface area contributed by atoms with Crippen molar-refractivity contribution in [1.29, 1.82) is 0 Å². The van der Waals surface area contributed by atoms with Gasteiger partial charge in [0.1, 0.15) is 11.7 Å². The van der Waals surface area contributed by atoms with E-state index in [1.165, 1.54) is 15.7 Å². The molecule has 0 spiro atoms. The van der Waals surface area contributed by atoms with Crippen molar-refractivity contribution in [3.05, 3.63) is 40.1 Å². The lowest BCUT2D eigenvalue weighted by Gasteiger charge is -2.15. The van der Waals surface area contributed by atoms with E-state index < -0.39 is 12.0 Å². The van der Waals surface area contributed by atoms with Gasteiger partial charge in [-0.15, -0.1) is 0 Å². The Kier molecular flexibility index (Phi) is 3.15. The van der Waals surface area contributed by atoms with Gasteiger partial charge in [0.05, 0.1) is 11.9 Å². The van der Waals surface area contributed by atoms with Gasteiger partial charge < -0.3 is 5.11 Å². The van der Waals surface area contributed by atoms with Crippen LogP contribution in [-0.2, 0) is 4.79 Å². The van der Waals surface area contributed by atoms with Crippen LogP contribution in [0.5, 0.6) is 0 Å². The largest absolute Gasteiger partial charge is 0.477 e. The standard InChI is InChI=1S/C13H9Cl2N3O3/c1-6-11(19)18(9-3-7(14)2-8(15)4-9)13-16-5-10(12(20)21)17(6)13/h2-6H,1H3,(H,20,21)/t6-/m0/s1. The number of fused-ring (bicyclic) bond motifs is 1. The molecule has 3 rings (SSSR count). The van der Waals surface area contributed by atoms with Gasteiger partial charge in [-0.2, -0.15) is 0 Å². The summed E-state index contributed by atoms with van der Waals surface area (Å²) >= 11 is 11.9. The smallest absolute Gasteiger partial charge is 0.354 e. The molecule has 21 heavy (non-hydrogen) atoms. The van der Waals surface area contributed by atoms with E-state index in [0.717, 1.165) is 0 Å². The molecular formula is C13H9Cl2N3O3. The van der Waals surface area contributed by atoms with E-state index in [1.807, 2.05) is 0 Å². The van der Waals surface area contributed by atoms with Crippen molar-refractivity contribution in [2.45, 2.75) is 13.0 Å². The van der Waals surface area contributed by atoms with Crippen molar-refractivity contribution in [3.8, 4) is 0 Å². The highest BCUT2D eigenvalue weighted by molar-refractivity contribution is 6.35. The number of carboxylic acids is 1. The summed E-state index contributed by atoms with van der Waals surface area (Å²) in [5.41, 5.74) is 0.409. The van der Waals surface area contributed by atoms with Crippen LogP contribution in [-0.4, -0.2) is 26.5 Å². The molecule has 108 valence electrons. The maximum absolute atomic E-state index is 12.4. The van der Waals surface area contributed by atoms with E-state index in [9.17, 15) is 9.59 Å². The number of hydrogen-bond donors (Lipinski definition) is 1. The number of carboxylic acid groups (broad SMARTS) is 1. The summed E-state index contributed by atoms with van der Waals surface area (Å²) in [6, 6.07) is 4.03. The average molecular weight is 326 g/mol. The highest BCUT2D eigenvalue weighted by Gasteiger charge is 2.39. The summed E-state index contributed by atoms with van der Waals surface area (Å²) < 4.78 is 1.37. The molecule has 2 heterocycles. The maximum atomic E-state index is 12.4. The third-order valence-corrected chi connectivity index (χ3v) is 3.70. The number of imidazole rings is 1. The molecule has 1 atom stereocenters. The Morgan fingerprint density at radius 1 is 1.29 bits per heavy atom. The van der Waals surface area contributed by atoms with Crippen molar-refractivity contribution in [1.82, 2.24) is 9.55 Å². The average Bonchev–Trinajstić information content (AvgIpc) is 2.90. The second kappa shape index (κ2) is 4.75. The first-order valence-electron chi connectivity index (χ1n) is 6.00. The summed E-state index contributed by atoms with van der Waals surface area (Å²) in [7, 11) is 0. The molecule has 0 unspecified atom stereocenters. The van der Waals surface area contributed by atoms with Crippen molar-refractivity contribution in [3.63, 3.8) is 0 Å². The van der Waals surface area contributed by atoms with Crippen LogP contribution in [0.15, 0.2) is 24.4 Å². The zero-order valence-corrected chi connectivity index (χ0v) is 12.3. The molecule has 8 heteroatoms. The van der Waals surface area contributed by atoms with E-state index in [2.05, 4.69) is 4.98 Å². The van der Waals surface area contributed by atoms with Gasteiger partial charge in [0.15, 0.2) is 0 Å². The molecule has 0 saturated heterocycles. The molecule has 1 aliphatic heterocycles. The second-order valence-electron chi connectivity index (χ2n) is 4.60. The summed E-state index contributed by atoms with van der Waals surface area (Å²) in [5.74, 6) is -1.19. The third-order valence-electron chi connectivity index (χ3n) is 3.27. The van der Waals surface area contributed by atoms with E-state index in [1.54, 1.807) is 25.1 Å². The van der Waals surface area contributed by atoms with Crippen molar-refractivity contribution < 1.29 is 14.7 Å². The van der Waals surface area contributed by atoms with Crippen LogP contribution in [0.2, 0.25) is 10.0 Å². The second-order valence-corrected chi connectivity index (χ2v) is 5.47. The fourth-order valence-corrected chi connectivity index (χ4v) is 2.88. The first-order chi connectivity index (χ1) is 9.90. The van der Waals surface area contributed by atoms with E-state index >= 15 is 0 Å². The van der Waals surface area contributed by atoms with Crippen LogP contribution in [0, 0.1) is 0 Å². The van der Waals surface area contributed by atoms with Crippen LogP contribution in [0.3, 0.4) is 0 Å². The third kappa shape index (κ3) is 2.07. The molecule has 0 aliphatic carbocycles. The van der Waals surface area contributed by atoms with Crippen LogP contribution in [0.25, 0.3) is 0 Å². The molecular weight excluding hydrogens is 317 g/mol. The Balaban J connectivity index is 2.18. The maximum Gasteiger partial charge on any atom is 0.354 e. The number of halogens is 2. The van der Waals surface area contributed by atoms with Crippen LogP contribution >= 0.6 is 23.2 Å². The monoisotopic (exact) mass is 325 g/mol. The van der Waals surface area contributed by atoms with Crippen LogP contribution in [0.4, 0.5) is 11.6 Å². The minimum Gasteiger partial charge on any atom is -0.477 e. The van der Waals surface area contributed by atoms with Gasteiger partial charge in [-0.3, -0.25) is 9.36 Å². The minimum absolute atomic E-state index is 0.0403. The predicted molar refractivity (Wildman–Crippen MR) is 77.5 cm³/mol. The number of carbonyl (C=O) groups excluding carboxylic acids is 1. The highest BCUT2D eigenvalue weighted by Crippen LogP contribution is 2.38. The van der Waals surface area contributed by atoms with Gasteiger partial charge in [0, 0.05) is 10.0 Å². The Morgan fingerprint density at radius 3 is 2.48 bits per heavy atom. The number of carbonyl (C=O) groups is 2. The Labute approximate surface area is 129 Å². The van der Waals surface area contributed by atoms with Crippen molar-refractivity contribution in [2.75, 3.05) is 4.90 Å². The lowest BCUT2D eigenvalue weighted by atomic mass is 10.2. The quantitative estimate of drug-likeness (QED) is 0.920. The number of rotatable bonds is 2. The summed E-state index contributed by atoms with van der Waals surface area (Å²) in [6.45, 7) is 1.62. The fraction of sp³-hybridized carbons (Fsp3) is 0.154. The number of aromatic nitrogens is 2. The van der Waals surface area contributed by atoms with Gasteiger partial charge in [-0.1, -0.05) is 23.2 Å². The van der Waals surface area contributed by atoms with Crippen LogP contribution < -0.4 is 4.90 Å². The van der Waals surface area contributed by atoms with Gasteiger partial charge in [0.2, 0.25) is 5.95 Å². The van der Waals surface area contributed by atoms with Gasteiger partial charge in [-0.05, 0) is 25.1 Å². The molecule has 6 nitrogen and oxygen atoms in total. The summed E-state index contributed by atoms with van der Waals surface area (Å²) in [6.07, 6.45) is 1.22. The van der Waals surface area contributed by atoms with E-state index in [-0.39, 0.29) is 17.5 Å². The summed E-state index contributed by atoms with van der Waals surface area (Å²) in [4.78, 5) is 29.0. The molecule has 0 bridgehead atoms. The molecule has 1 N–H and O–H groups in total. The molecule has 0 radical (unpaired) electrons. The number of hydrogen-bond acceptors (Lipinski definition) is 3. The molecule has 2 aromatic rings. The molecule has 0 saturated carbocycles. The Bertz CT molecular complexity index is 752. The van der Waals surface area contributed by atoms with Crippen LogP contribution in [0.1, 0.15) is 23.5 Å². The number of nitrogens with zero attached hydrogens (tertiary/aromatic N) is 3. The van der Waals surface area contributed by atoms with E-state index in [4.69, 9.17) is 28.3 Å². The first kappa shape index (κ1) is 13.9. The van der Waals surface area contributed by atoms with Gasteiger partial charge >= 0.3 is 5.97 Å². The Morgan fingerprint density at radius 2 is 1.90 bits per heavy atom. The molecule has 1 aromatic carbocycles. The molecule has 1 aliphatic rings. The molecule has 1 amide bonds. The number of amides is 1. The van der Waals surface area contributed by atoms with Gasteiger partial charge in [-0.25, -0.2) is 14.7 Å². The Hall–Kier alpha value is -2.05. The lowest BCUT2D eigenvalue weighted by Crippen LogP contribution is -2.24. The topological polar surface area (TPSA) is 75.4 Å². The molecule has 1 aromatic heterocycles. The fourth-order valence-electron chi connectivity index (χ4n) is 2.36.